The van der Waals surface area contributed by atoms with E-state index in [-0.39, 0.29) is 56.8 Å². The van der Waals surface area contributed by atoms with Crippen molar-refractivity contribution in [3.8, 4) is 0 Å². The summed E-state index contributed by atoms with van der Waals surface area (Å²) in [6, 6.07) is 1.60. The highest BCUT2D eigenvalue weighted by Gasteiger charge is 2.41. The van der Waals surface area contributed by atoms with Crippen molar-refractivity contribution in [2.24, 2.45) is 11.0 Å². The van der Waals surface area contributed by atoms with Crippen molar-refractivity contribution in [2.45, 2.75) is 37.5 Å². The van der Waals surface area contributed by atoms with E-state index in [0.29, 0.717) is 11.8 Å². The van der Waals surface area contributed by atoms with Gasteiger partial charge in [0.25, 0.3) is 5.91 Å². The molecule has 3 aliphatic heterocycles. The third-order valence-electron chi connectivity index (χ3n) is 6.49. The van der Waals surface area contributed by atoms with Gasteiger partial charge in [0.1, 0.15) is 5.71 Å². The fraction of sp³-hybridized carbons (Fsp3) is 0.545. The first-order valence-electron chi connectivity index (χ1n) is 11.0. The molecule has 35 heavy (non-hydrogen) atoms. The first-order valence-corrected chi connectivity index (χ1v) is 11.0. The molecular formula is C22H22F8N4O. The Hall–Kier alpha value is -2.70. The van der Waals surface area contributed by atoms with Crippen LogP contribution < -0.4 is 5.43 Å². The number of amides is 1. The van der Waals surface area contributed by atoms with Crippen LogP contribution in [0.15, 0.2) is 29.0 Å². The molecule has 1 amide bonds. The van der Waals surface area contributed by atoms with E-state index in [0.717, 1.165) is 6.07 Å². The lowest BCUT2D eigenvalue weighted by molar-refractivity contribution is -0.141. The maximum absolute atomic E-state index is 14.0. The van der Waals surface area contributed by atoms with Gasteiger partial charge in [-0.25, -0.2) is 8.78 Å². The van der Waals surface area contributed by atoms with E-state index in [1.54, 1.807) is 11.0 Å². The van der Waals surface area contributed by atoms with Gasteiger partial charge in [-0.1, -0.05) is 12.1 Å². The van der Waals surface area contributed by atoms with E-state index in [4.69, 9.17) is 0 Å². The quantitative estimate of drug-likeness (QED) is 0.611. The summed E-state index contributed by atoms with van der Waals surface area (Å²) in [4.78, 5) is 16.1. The molecule has 1 aromatic carbocycles. The van der Waals surface area contributed by atoms with E-state index >= 15 is 0 Å². The third kappa shape index (κ3) is 5.60. The Kier molecular flexibility index (Phi) is 6.82. The molecule has 0 spiro atoms. The molecule has 3 aliphatic rings. The topological polar surface area (TPSA) is 47.9 Å². The van der Waals surface area contributed by atoms with E-state index < -0.39 is 53.7 Å². The summed E-state index contributed by atoms with van der Waals surface area (Å²) in [5.41, 5.74) is 1.44. The predicted molar refractivity (Wildman–Crippen MR) is 109 cm³/mol. The number of carbonyl (C=O) groups is 1. The molecule has 1 atom stereocenters. The summed E-state index contributed by atoms with van der Waals surface area (Å²) >= 11 is 0. The Balaban J connectivity index is 1.41. The summed E-state index contributed by atoms with van der Waals surface area (Å²) in [6.07, 6.45) is -8.40. The molecule has 4 rings (SSSR count). The summed E-state index contributed by atoms with van der Waals surface area (Å²) < 4.78 is 105. The van der Waals surface area contributed by atoms with Crippen LogP contribution in [0.4, 0.5) is 35.1 Å². The molecule has 0 aliphatic carbocycles. The number of halogens is 8. The van der Waals surface area contributed by atoms with E-state index in [9.17, 15) is 39.9 Å². The van der Waals surface area contributed by atoms with Gasteiger partial charge in [0.15, 0.2) is 11.6 Å². The van der Waals surface area contributed by atoms with Crippen LogP contribution in [0.5, 0.6) is 0 Å². The largest absolute Gasteiger partial charge is 0.419 e. The Morgan fingerprint density at radius 1 is 1.09 bits per heavy atom. The van der Waals surface area contributed by atoms with Gasteiger partial charge in [-0.05, 0) is 30.4 Å². The lowest BCUT2D eigenvalue weighted by atomic mass is 9.85. The second-order valence-corrected chi connectivity index (χ2v) is 8.90. The van der Waals surface area contributed by atoms with Crippen LogP contribution in [-0.2, 0) is 11.0 Å². The molecule has 1 aromatic rings. The number of alkyl halides is 6. The van der Waals surface area contributed by atoms with Crippen LogP contribution in [-0.4, -0.2) is 60.3 Å². The molecule has 13 heteroatoms. The van der Waals surface area contributed by atoms with Crippen LogP contribution in [0.1, 0.15) is 36.3 Å². The number of fused-ring (bicyclic) bond motifs is 1. The fourth-order valence-electron chi connectivity index (χ4n) is 4.80. The number of nitrogens with one attached hydrogen (secondary N) is 1. The summed E-state index contributed by atoms with van der Waals surface area (Å²) in [6.45, 7) is 0.353. The Bertz CT molecular complexity index is 1040. The Morgan fingerprint density at radius 3 is 2.40 bits per heavy atom. The molecule has 0 aromatic heterocycles. The summed E-state index contributed by atoms with van der Waals surface area (Å²) in [7, 11) is 0. The number of piperidine rings is 1. The van der Waals surface area contributed by atoms with Gasteiger partial charge in [-0.3, -0.25) is 15.1 Å². The normalized spacial score (nSPS) is 21.9. The highest BCUT2D eigenvalue weighted by Crippen LogP contribution is 2.41. The van der Waals surface area contributed by atoms with Crippen molar-refractivity contribution in [1.29, 1.82) is 0 Å². The minimum atomic E-state index is -5.07. The van der Waals surface area contributed by atoms with Crippen LogP contribution in [0.25, 0.3) is 0 Å². The minimum Gasteiger partial charge on any atom is -0.337 e. The van der Waals surface area contributed by atoms with E-state index in [1.165, 1.54) is 4.90 Å². The van der Waals surface area contributed by atoms with Gasteiger partial charge in [-0.15, -0.1) is 0 Å². The maximum atomic E-state index is 14.0. The Labute approximate surface area is 195 Å². The first-order chi connectivity index (χ1) is 16.3. The van der Waals surface area contributed by atoms with Crippen molar-refractivity contribution in [3.05, 3.63) is 46.7 Å². The average Bonchev–Trinajstić information content (AvgIpc) is 2.78. The number of carbonyl (C=O) groups excluding carboxylic acids is 1. The first kappa shape index (κ1) is 25.4. The SMILES string of the molecule is O=C(C1=NNC2=CC1CN(CCC(F)(F)F)C2)N1CCC(c2ccc(F)c(F)c2C(F)(F)F)CC1. The van der Waals surface area contributed by atoms with Crippen LogP contribution >= 0.6 is 0 Å². The van der Waals surface area contributed by atoms with Crippen molar-refractivity contribution in [2.75, 3.05) is 32.7 Å². The molecule has 0 saturated carbocycles. The molecule has 3 heterocycles. The molecule has 2 bridgehead atoms. The van der Waals surface area contributed by atoms with Crippen LogP contribution in [0.2, 0.25) is 0 Å². The Morgan fingerprint density at radius 2 is 1.77 bits per heavy atom. The predicted octanol–water partition coefficient (Wildman–Crippen LogP) is 4.42. The van der Waals surface area contributed by atoms with Crippen molar-refractivity contribution < 1.29 is 39.9 Å². The number of hydrogen-bond donors (Lipinski definition) is 1. The third-order valence-corrected chi connectivity index (χ3v) is 6.49. The molecule has 0 radical (unpaired) electrons. The summed E-state index contributed by atoms with van der Waals surface area (Å²) in [5.74, 6) is -5.22. The average molecular weight is 510 g/mol. The zero-order valence-corrected chi connectivity index (χ0v) is 18.3. The van der Waals surface area contributed by atoms with Gasteiger partial charge in [0.2, 0.25) is 0 Å². The zero-order chi connectivity index (χ0) is 25.5. The highest BCUT2D eigenvalue weighted by molar-refractivity contribution is 6.40. The second kappa shape index (κ2) is 9.40. The van der Waals surface area contributed by atoms with Gasteiger partial charge in [0, 0.05) is 44.3 Å². The molecule has 5 nitrogen and oxygen atoms in total. The highest BCUT2D eigenvalue weighted by atomic mass is 19.4. The molecule has 1 N–H and O–H groups in total. The van der Waals surface area contributed by atoms with E-state index in [2.05, 4.69) is 10.5 Å². The summed E-state index contributed by atoms with van der Waals surface area (Å²) in [5, 5.41) is 4.10. The van der Waals surface area contributed by atoms with Crippen molar-refractivity contribution >= 4 is 11.6 Å². The standard InChI is InChI=1S/C22H22F8N4O/c23-16-2-1-15(17(18(16)24)22(28,29)30)12-3-6-34(7-4-12)20(35)19-13-9-14(31-32-19)11-33(10-13)8-5-21(25,26)27/h1-2,9,12-13,31H,3-8,10-11H2. The molecule has 1 unspecified atom stereocenters. The monoisotopic (exact) mass is 510 g/mol. The molecular weight excluding hydrogens is 488 g/mol. The zero-order valence-electron chi connectivity index (χ0n) is 18.3. The molecule has 1 fully saturated rings. The number of benzene rings is 1. The number of likely N-dealkylation sites (tertiary alicyclic amines) is 1. The minimum absolute atomic E-state index is 0.0693. The maximum Gasteiger partial charge on any atom is 0.419 e. The van der Waals surface area contributed by atoms with Gasteiger partial charge < -0.3 is 4.90 Å². The molecule has 1 saturated heterocycles. The van der Waals surface area contributed by atoms with Crippen LogP contribution in [0.3, 0.4) is 0 Å². The lowest BCUT2D eigenvalue weighted by Crippen LogP contribution is -2.50. The van der Waals surface area contributed by atoms with E-state index in [1.807, 2.05) is 0 Å². The number of rotatable bonds is 4. The van der Waals surface area contributed by atoms with Crippen molar-refractivity contribution in [3.63, 3.8) is 0 Å². The number of hydrogen-bond acceptors (Lipinski definition) is 4. The fourth-order valence-corrected chi connectivity index (χ4v) is 4.80. The van der Waals surface area contributed by atoms with Crippen molar-refractivity contribution in [1.82, 2.24) is 15.2 Å². The smallest absolute Gasteiger partial charge is 0.337 e. The van der Waals surface area contributed by atoms with Gasteiger partial charge >= 0.3 is 12.4 Å². The number of nitrogens with zero attached hydrogens (tertiary/aromatic N) is 3. The van der Waals surface area contributed by atoms with Crippen LogP contribution in [0, 0.1) is 17.6 Å². The number of hydrazone groups is 1. The van der Waals surface area contributed by atoms with Gasteiger partial charge in [-0.2, -0.15) is 31.4 Å². The lowest BCUT2D eigenvalue weighted by Gasteiger charge is -2.38. The van der Waals surface area contributed by atoms with Gasteiger partial charge in [0.05, 0.1) is 12.0 Å². The molecule has 192 valence electrons. The second-order valence-electron chi connectivity index (χ2n) is 8.90.